The number of aromatic nitrogens is 4. The molecule has 0 N–H and O–H groups in total. The van der Waals surface area contributed by atoms with E-state index in [1.54, 1.807) is 18.3 Å². The SMILES string of the molecule is COC(=O)c1ccc(CSc2nnc(C)c3cnn(-c4ccccc4)c23)o1. The third-order valence-corrected chi connectivity index (χ3v) is 5.03. The van der Waals surface area contributed by atoms with Crippen LogP contribution >= 0.6 is 11.8 Å². The maximum Gasteiger partial charge on any atom is 0.373 e. The molecule has 0 atom stereocenters. The molecule has 4 rings (SSSR count). The van der Waals surface area contributed by atoms with E-state index in [1.807, 2.05) is 41.9 Å². The average Bonchev–Trinajstić information content (AvgIpc) is 3.36. The van der Waals surface area contributed by atoms with E-state index < -0.39 is 5.97 Å². The fraction of sp³-hybridized carbons (Fsp3) is 0.158. The van der Waals surface area contributed by atoms with Crippen LogP contribution in [-0.2, 0) is 10.5 Å². The predicted octanol–water partition coefficient (Wildman–Crippen LogP) is 3.80. The fourth-order valence-electron chi connectivity index (χ4n) is 2.71. The van der Waals surface area contributed by atoms with Crippen LogP contribution in [0.5, 0.6) is 0 Å². The first-order chi connectivity index (χ1) is 13.2. The van der Waals surface area contributed by atoms with Crippen molar-refractivity contribution in [3.63, 3.8) is 0 Å². The van der Waals surface area contributed by atoms with E-state index in [0.717, 1.165) is 27.3 Å². The second-order valence-electron chi connectivity index (χ2n) is 5.79. The van der Waals surface area contributed by atoms with Gasteiger partial charge in [-0.1, -0.05) is 30.0 Å². The second kappa shape index (κ2) is 7.24. The number of hydrogen-bond acceptors (Lipinski definition) is 7. The first kappa shape index (κ1) is 17.3. The highest BCUT2D eigenvalue weighted by Crippen LogP contribution is 2.31. The molecule has 0 fully saturated rings. The van der Waals surface area contributed by atoms with Crippen LogP contribution < -0.4 is 0 Å². The summed E-state index contributed by atoms with van der Waals surface area (Å²) in [5, 5.41) is 14.8. The number of carbonyl (C=O) groups is 1. The largest absolute Gasteiger partial charge is 0.463 e. The van der Waals surface area contributed by atoms with Gasteiger partial charge in [-0.3, -0.25) is 0 Å². The lowest BCUT2D eigenvalue weighted by Gasteiger charge is -2.07. The minimum absolute atomic E-state index is 0.183. The number of carbonyl (C=O) groups excluding carboxylic acids is 1. The zero-order valence-corrected chi connectivity index (χ0v) is 15.6. The number of rotatable bonds is 5. The zero-order chi connectivity index (χ0) is 18.8. The summed E-state index contributed by atoms with van der Waals surface area (Å²) in [6, 6.07) is 13.2. The van der Waals surface area contributed by atoms with E-state index >= 15 is 0 Å². The number of benzene rings is 1. The van der Waals surface area contributed by atoms with Crippen LogP contribution in [0.1, 0.15) is 22.0 Å². The molecule has 0 aliphatic rings. The summed E-state index contributed by atoms with van der Waals surface area (Å²) < 4.78 is 12.1. The highest BCUT2D eigenvalue weighted by Gasteiger charge is 2.16. The summed E-state index contributed by atoms with van der Waals surface area (Å²) in [5.41, 5.74) is 2.67. The van der Waals surface area contributed by atoms with Gasteiger partial charge >= 0.3 is 5.97 Å². The van der Waals surface area contributed by atoms with Gasteiger partial charge in [0.2, 0.25) is 5.76 Å². The molecule has 0 radical (unpaired) electrons. The molecular weight excluding hydrogens is 364 g/mol. The van der Waals surface area contributed by atoms with Crippen LogP contribution in [0.2, 0.25) is 0 Å². The number of fused-ring (bicyclic) bond motifs is 1. The van der Waals surface area contributed by atoms with Crippen molar-refractivity contribution in [2.75, 3.05) is 7.11 Å². The van der Waals surface area contributed by atoms with Crippen molar-refractivity contribution in [2.24, 2.45) is 0 Å². The fourth-order valence-corrected chi connectivity index (χ4v) is 3.57. The van der Waals surface area contributed by atoms with Crippen molar-refractivity contribution in [3.8, 4) is 5.69 Å². The van der Waals surface area contributed by atoms with E-state index in [9.17, 15) is 4.79 Å². The highest BCUT2D eigenvalue weighted by atomic mass is 32.2. The molecule has 0 saturated carbocycles. The minimum Gasteiger partial charge on any atom is -0.463 e. The van der Waals surface area contributed by atoms with Crippen molar-refractivity contribution in [3.05, 3.63) is 65.9 Å². The molecule has 0 amide bonds. The van der Waals surface area contributed by atoms with Gasteiger partial charge in [0.1, 0.15) is 16.3 Å². The molecule has 0 aliphatic heterocycles. The molecule has 8 heteroatoms. The van der Waals surface area contributed by atoms with Crippen LogP contribution in [-0.4, -0.2) is 33.1 Å². The topological polar surface area (TPSA) is 83.0 Å². The van der Waals surface area contributed by atoms with E-state index in [-0.39, 0.29) is 5.76 Å². The van der Waals surface area contributed by atoms with Crippen molar-refractivity contribution < 1.29 is 13.9 Å². The average molecular weight is 380 g/mol. The number of ether oxygens (including phenoxy) is 1. The summed E-state index contributed by atoms with van der Waals surface area (Å²) >= 11 is 1.48. The number of aryl methyl sites for hydroxylation is 1. The molecule has 7 nitrogen and oxygen atoms in total. The minimum atomic E-state index is -0.495. The van der Waals surface area contributed by atoms with E-state index in [2.05, 4.69) is 20.0 Å². The second-order valence-corrected chi connectivity index (χ2v) is 6.76. The van der Waals surface area contributed by atoms with Gasteiger partial charge in [0.25, 0.3) is 0 Å². The van der Waals surface area contributed by atoms with Crippen LogP contribution in [0.15, 0.2) is 58.1 Å². The predicted molar refractivity (Wildman–Crippen MR) is 101 cm³/mol. The molecule has 0 spiro atoms. The highest BCUT2D eigenvalue weighted by molar-refractivity contribution is 7.98. The van der Waals surface area contributed by atoms with Crippen molar-refractivity contribution in [1.29, 1.82) is 0 Å². The maximum atomic E-state index is 11.5. The summed E-state index contributed by atoms with van der Waals surface area (Å²) in [5.74, 6) is 0.847. The standard InChI is InChI=1S/C19H16N4O3S/c1-12-15-10-20-23(13-6-4-3-5-7-13)17(15)18(22-21-12)27-11-14-8-9-16(26-14)19(24)25-2/h3-10H,11H2,1-2H3. The third-order valence-electron chi connectivity index (χ3n) is 4.05. The molecule has 0 unspecified atom stereocenters. The van der Waals surface area contributed by atoms with Gasteiger partial charge in [0.15, 0.2) is 0 Å². The number of methoxy groups -OCH3 is 1. The first-order valence-corrected chi connectivity index (χ1v) is 9.22. The lowest BCUT2D eigenvalue weighted by Crippen LogP contribution is -2.00. The van der Waals surface area contributed by atoms with Crippen molar-refractivity contribution in [2.45, 2.75) is 17.7 Å². The first-order valence-electron chi connectivity index (χ1n) is 8.23. The van der Waals surface area contributed by atoms with Crippen LogP contribution in [0.3, 0.4) is 0 Å². The summed E-state index contributed by atoms with van der Waals surface area (Å²) in [4.78, 5) is 11.5. The Balaban J connectivity index is 1.67. The third kappa shape index (κ3) is 3.31. The molecule has 0 saturated heterocycles. The Hall–Kier alpha value is -3.13. The Morgan fingerprint density at radius 1 is 1.19 bits per heavy atom. The molecule has 3 heterocycles. The molecule has 27 heavy (non-hydrogen) atoms. The molecule has 0 bridgehead atoms. The smallest absolute Gasteiger partial charge is 0.373 e. The zero-order valence-electron chi connectivity index (χ0n) is 14.7. The molecule has 1 aromatic carbocycles. The van der Waals surface area contributed by atoms with Crippen molar-refractivity contribution in [1.82, 2.24) is 20.0 Å². The van der Waals surface area contributed by atoms with Gasteiger partial charge in [-0.05, 0) is 31.2 Å². The number of hydrogen-bond donors (Lipinski definition) is 0. The Bertz CT molecular complexity index is 1100. The quantitative estimate of drug-likeness (QED) is 0.385. The molecule has 4 aromatic rings. The van der Waals surface area contributed by atoms with E-state index in [1.165, 1.54) is 18.9 Å². The number of para-hydroxylation sites is 1. The van der Waals surface area contributed by atoms with Gasteiger partial charge in [-0.2, -0.15) is 10.2 Å². The van der Waals surface area contributed by atoms with E-state index in [0.29, 0.717) is 11.5 Å². The Morgan fingerprint density at radius 3 is 2.78 bits per heavy atom. The van der Waals surface area contributed by atoms with Gasteiger partial charge in [-0.15, -0.1) is 5.10 Å². The molecule has 3 aromatic heterocycles. The summed E-state index contributed by atoms with van der Waals surface area (Å²) in [7, 11) is 1.32. The van der Waals surface area contributed by atoms with Gasteiger partial charge in [0, 0.05) is 5.39 Å². The number of esters is 1. The Morgan fingerprint density at radius 2 is 2.00 bits per heavy atom. The lowest BCUT2D eigenvalue weighted by molar-refractivity contribution is 0.0563. The number of thioether (sulfide) groups is 1. The van der Waals surface area contributed by atoms with Crippen molar-refractivity contribution >= 4 is 28.6 Å². The number of nitrogens with zero attached hydrogens (tertiary/aromatic N) is 4. The molecular formula is C19H16N4O3S. The Labute approximate surface area is 159 Å². The van der Waals surface area contributed by atoms with Gasteiger partial charge in [-0.25, -0.2) is 9.48 Å². The molecule has 0 aliphatic carbocycles. The maximum absolute atomic E-state index is 11.5. The van der Waals surface area contributed by atoms with Gasteiger partial charge in [0.05, 0.1) is 30.4 Å². The summed E-state index contributed by atoms with van der Waals surface area (Å²) in [6.07, 6.45) is 1.80. The van der Waals surface area contributed by atoms with Crippen LogP contribution in [0.25, 0.3) is 16.6 Å². The van der Waals surface area contributed by atoms with Crippen LogP contribution in [0.4, 0.5) is 0 Å². The van der Waals surface area contributed by atoms with E-state index in [4.69, 9.17) is 4.42 Å². The monoisotopic (exact) mass is 380 g/mol. The lowest BCUT2D eigenvalue weighted by atomic mass is 10.3. The Kier molecular flexibility index (Phi) is 4.64. The summed E-state index contributed by atoms with van der Waals surface area (Å²) in [6.45, 7) is 1.91. The normalized spacial score (nSPS) is 11.0. The van der Waals surface area contributed by atoms with Crippen LogP contribution in [0, 0.1) is 6.92 Å². The molecule has 136 valence electrons. The van der Waals surface area contributed by atoms with Gasteiger partial charge < -0.3 is 9.15 Å². The number of furan rings is 1.